The number of carbonyl (C=O) groups is 1. The molecule has 0 N–H and O–H groups in total. The summed E-state index contributed by atoms with van der Waals surface area (Å²) in [6, 6.07) is 8.02. The Hall–Kier alpha value is -3.51. The highest BCUT2D eigenvalue weighted by Gasteiger charge is 2.34. The van der Waals surface area contributed by atoms with Crippen molar-refractivity contribution in [3.8, 4) is 11.5 Å². The maximum Gasteiger partial charge on any atom is 0.280 e. The second-order valence-electron chi connectivity index (χ2n) is 5.81. The van der Waals surface area contributed by atoms with Crippen molar-refractivity contribution in [3.05, 3.63) is 67.1 Å². The highest BCUT2D eigenvalue weighted by Crippen LogP contribution is 2.41. The topological polar surface area (TPSA) is 125 Å². The number of ether oxygens (including phenoxy) is 2. The Kier molecular flexibility index (Phi) is 4.64. The summed E-state index contributed by atoms with van der Waals surface area (Å²) in [4.78, 5) is 35.3. The molecule has 0 bridgehead atoms. The molecule has 1 saturated heterocycles. The standard InChI is InChI=1S/C17H9N3O7S2/c21-16-15(6-9-5-13-14(27-8-26-13)7-12(9)20(24)25)29-17(28)18(16)10-1-3-11(4-2-10)19(22)23/h1-7H,8H2/b15-6-. The van der Waals surface area contributed by atoms with Gasteiger partial charge in [0.25, 0.3) is 17.3 Å². The first-order valence-electron chi connectivity index (χ1n) is 7.95. The zero-order valence-electron chi connectivity index (χ0n) is 14.3. The zero-order chi connectivity index (χ0) is 20.7. The predicted molar refractivity (Wildman–Crippen MR) is 108 cm³/mol. The average Bonchev–Trinajstić information content (AvgIpc) is 3.25. The Labute approximate surface area is 172 Å². The van der Waals surface area contributed by atoms with Gasteiger partial charge >= 0.3 is 0 Å². The fraction of sp³-hybridized carbons (Fsp3) is 0.0588. The van der Waals surface area contributed by atoms with E-state index in [1.165, 1.54) is 47.4 Å². The molecule has 0 radical (unpaired) electrons. The molecule has 0 atom stereocenters. The van der Waals surface area contributed by atoms with E-state index in [9.17, 15) is 25.0 Å². The number of nitro groups is 2. The lowest BCUT2D eigenvalue weighted by Gasteiger charge is -2.13. The van der Waals surface area contributed by atoms with Gasteiger partial charge in [-0.3, -0.25) is 29.9 Å². The molecule has 146 valence electrons. The van der Waals surface area contributed by atoms with E-state index in [0.717, 1.165) is 11.8 Å². The van der Waals surface area contributed by atoms with Crippen molar-refractivity contribution < 1.29 is 24.1 Å². The molecule has 1 amide bonds. The van der Waals surface area contributed by atoms with Crippen molar-refractivity contribution in [1.82, 2.24) is 0 Å². The number of fused-ring (bicyclic) bond motifs is 1. The quantitative estimate of drug-likeness (QED) is 0.309. The summed E-state index contributed by atoms with van der Waals surface area (Å²) in [5, 5.41) is 22.2. The molecule has 1 fully saturated rings. The van der Waals surface area contributed by atoms with Crippen molar-refractivity contribution in [1.29, 1.82) is 0 Å². The van der Waals surface area contributed by atoms with E-state index in [-0.39, 0.29) is 38.7 Å². The van der Waals surface area contributed by atoms with Crippen LogP contribution in [0.1, 0.15) is 5.56 Å². The number of rotatable bonds is 4. The maximum atomic E-state index is 12.8. The van der Waals surface area contributed by atoms with Gasteiger partial charge < -0.3 is 9.47 Å². The van der Waals surface area contributed by atoms with Gasteiger partial charge in [0, 0.05) is 12.1 Å². The van der Waals surface area contributed by atoms with Gasteiger partial charge in [0.05, 0.1) is 32.1 Å². The Balaban J connectivity index is 1.70. The molecule has 2 aliphatic heterocycles. The molecule has 10 nitrogen and oxygen atoms in total. The molecule has 2 aromatic carbocycles. The van der Waals surface area contributed by atoms with E-state index in [1.54, 1.807) is 0 Å². The van der Waals surface area contributed by atoms with Crippen LogP contribution in [-0.4, -0.2) is 26.9 Å². The summed E-state index contributed by atoms with van der Waals surface area (Å²) in [5.41, 5.74) is 0.172. The lowest BCUT2D eigenvalue weighted by atomic mass is 10.1. The zero-order valence-corrected chi connectivity index (χ0v) is 15.9. The summed E-state index contributed by atoms with van der Waals surface area (Å²) in [5.74, 6) is 0.112. The van der Waals surface area contributed by atoms with Crippen LogP contribution in [0.3, 0.4) is 0 Å². The van der Waals surface area contributed by atoms with Gasteiger partial charge in [-0.05, 0) is 24.3 Å². The van der Waals surface area contributed by atoms with Crippen LogP contribution in [0.2, 0.25) is 0 Å². The van der Waals surface area contributed by atoms with Crippen molar-refractivity contribution >= 4 is 57.3 Å². The summed E-state index contributed by atoms with van der Waals surface area (Å²) in [6.07, 6.45) is 1.37. The molecular weight excluding hydrogens is 422 g/mol. The van der Waals surface area contributed by atoms with E-state index in [2.05, 4.69) is 0 Å². The molecule has 4 rings (SSSR count). The second kappa shape index (κ2) is 7.14. The van der Waals surface area contributed by atoms with E-state index in [1.807, 2.05) is 0 Å². The lowest BCUT2D eigenvalue weighted by molar-refractivity contribution is -0.385. The van der Waals surface area contributed by atoms with Crippen molar-refractivity contribution in [2.24, 2.45) is 0 Å². The van der Waals surface area contributed by atoms with Crippen LogP contribution in [0, 0.1) is 20.2 Å². The number of hydrogen-bond acceptors (Lipinski definition) is 9. The third-order valence-corrected chi connectivity index (χ3v) is 5.42. The van der Waals surface area contributed by atoms with Gasteiger partial charge in [0.2, 0.25) is 6.79 Å². The second-order valence-corrected chi connectivity index (χ2v) is 7.49. The van der Waals surface area contributed by atoms with Crippen LogP contribution in [0.5, 0.6) is 11.5 Å². The first-order chi connectivity index (χ1) is 13.8. The molecule has 29 heavy (non-hydrogen) atoms. The number of thiocarbonyl (C=S) groups is 1. The number of nitrogens with zero attached hydrogens (tertiary/aromatic N) is 3. The number of hydrogen-bond donors (Lipinski definition) is 0. The summed E-state index contributed by atoms with van der Waals surface area (Å²) >= 11 is 6.23. The Bertz CT molecular complexity index is 1110. The number of thioether (sulfide) groups is 1. The van der Waals surface area contributed by atoms with Gasteiger partial charge in [-0.2, -0.15) is 0 Å². The third kappa shape index (κ3) is 3.39. The highest BCUT2D eigenvalue weighted by molar-refractivity contribution is 8.27. The van der Waals surface area contributed by atoms with Gasteiger partial charge in [-0.15, -0.1) is 0 Å². The molecule has 0 saturated carbocycles. The molecule has 2 aromatic rings. The number of amides is 1. The van der Waals surface area contributed by atoms with Gasteiger partial charge in [0.15, 0.2) is 15.8 Å². The smallest absolute Gasteiger partial charge is 0.280 e. The highest BCUT2D eigenvalue weighted by atomic mass is 32.2. The lowest BCUT2D eigenvalue weighted by Crippen LogP contribution is -2.27. The fourth-order valence-corrected chi connectivity index (χ4v) is 4.07. The predicted octanol–water partition coefficient (Wildman–Crippen LogP) is 3.64. The first-order valence-corrected chi connectivity index (χ1v) is 9.18. The van der Waals surface area contributed by atoms with Crippen LogP contribution >= 0.6 is 24.0 Å². The SMILES string of the molecule is O=C1/C(=C/c2cc3c(cc2[N+](=O)[O-])OCO3)SC(=S)N1c1ccc([N+](=O)[O-])cc1. The van der Waals surface area contributed by atoms with E-state index >= 15 is 0 Å². The third-order valence-electron chi connectivity index (χ3n) is 4.12. The van der Waals surface area contributed by atoms with Gasteiger partial charge in [-0.1, -0.05) is 24.0 Å². The minimum absolute atomic E-state index is 0.0435. The first kappa shape index (κ1) is 18.8. The van der Waals surface area contributed by atoms with Gasteiger partial charge in [-0.25, -0.2) is 0 Å². The van der Waals surface area contributed by atoms with Crippen molar-refractivity contribution in [2.75, 3.05) is 11.7 Å². The Morgan fingerprint density at radius 3 is 2.34 bits per heavy atom. The van der Waals surface area contributed by atoms with Crippen LogP contribution in [0.15, 0.2) is 41.3 Å². The monoisotopic (exact) mass is 431 g/mol. The molecule has 12 heteroatoms. The van der Waals surface area contributed by atoms with Crippen molar-refractivity contribution in [3.63, 3.8) is 0 Å². The summed E-state index contributed by atoms with van der Waals surface area (Å²) in [7, 11) is 0. The molecular formula is C17H9N3O7S2. The van der Waals surface area contributed by atoms with Crippen LogP contribution in [-0.2, 0) is 4.79 Å². The Morgan fingerprint density at radius 2 is 1.72 bits per heavy atom. The molecule has 0 aromatic heterocycles. The van der Waals surface area contributed by atoms with Crippen molar-refractivity contribution in [2.45, 2.75) is 0 Å². The van der Waals surface area contributed by atoms with Crippen LogP contribution in [0.25, 0.3) is 6.08 Å². The van der Waals surface area contributed by atoms with Crippen LogP contribution < -0.4 is 14.4 Å². The number of nitro benzene ring substituents is 2. The molecule has 0 aliphatic carbocycles. The summed E-state index contributed by atoms with van der Waals surface area (Å²) in [6.45, 7) is -0.0435. The van der Waals surface area contributed by atoms with Gasteiger partial charge in [0.1, 0.15) is 0 Å². The van der Waals surface area contributed by atoms with Crippen LogP contribution in [0.4, 0.5) is 17.1 Å². The molecule has 0 unspecified atom stereocenters. The minimum Gasteiger partial charge on any atom is -0.454 e. The number of carbonyl (C=O) groups excluding carboxylic acids is 1. The average molecular weight is 431 g/mol. The largest absolute Gasteiger partial charge is 0.454 e. The minimum atomic E-state index is -0.579. The number of anilines is 1. The molecule has 2 heterocycles. The van der Waals surface area contributed by atoms with E-state index in [4.69, 9.17) is 21.7 Å². The summed E-state index contributed by atoms with van der Waals surface area (Å²) < 4.78 is 10.6. The van der Waals surface area contributed by atoms with E-state index < -0.39 is 15.8 Å². The normalized spacial score (nSPS) is 16.6. The number of non-ortho nitro benzene ring substituents is 1. The molecule has 2 aliphatic rings. The molecule has 0 spiro atoms. The number of benzene rings is 2. The van der Waals surface area contributed by atoms with E-state index in [0.29, 0.717) is 11.4 Å². The maximum absolute atomic E-state index is 12.8. The fourth-order valence-electron chi connectivity index (χ4n) is 2.78. The Morgan fingerprint density at radius 1 is 1.07 bits per heavy atom.